The number of rotatable bonds is 5. The van der Waals surface area contributed by atoms with E-state index in [1.54, 1.807) is 0 Å². The Bertz CT molecular complexity index is 318. The molecule has 1 aliphatic heterocycles. The SMILES string of the molecule is CCCn1nccc1C(NC)C1CCSC1. The van der Waals surface area contributed by atoms with Crippen LogP contribution in [0.25, 0.3) is 0 Å². The van der Waals surface area contributed by atoms with Crippen LogP contribution in [0.4, 0.5) is 0 Å². The fraction of sp³-hybridized carbons (Fsp3) is 0.750. The van der Waals surface area contributed by atoms with Crippen molar-refractivity contribution in [2.24, 2.45) is 5.92 Å². The Morgan fingerprint density at radius 3 is 3.19 bits per heavy atom. The van der Waals surface area contributed by atoms with E-state index in [0.29, 0.717) is 6.04 Å². The number of thioether (sulfide) groups is 1. The van der Waals surface area contributed by atoms with Gasteiger partial charge in [-0.1, -0.05) is 6.92 Å². The maximum absolute atomic E-state index is 4.42. The van der Waals surface area contributed by atoms with Crippen molar-refractivity contribution in [3.63, 3.8) is 0 Å². The molecule has 0 aliphatic carbocycles. The fourth-order valence-corrected chi connectivity index (χ4v) is 3.74. The molecule has 1 N–H and O–H groups in total. The van der Waals surface area contributed by atoms with Crippen molar-refractivity contribution in [1.29, 1.82) is 0 Å². The molecule has 0 spiro atoms. The maximum Gasteiger partial charge on any atom is 0.0556 e. The van der Waals surface area contributed by atoms with E-state index in [1.165, 1.54) is 23.6 Å². The molecule has 0 amide bonds. The smallest absolute Gasteiger partial charge is 0.0556 e. The average Bonchev–Trinajstić information content (AvgIpc) is 2.92. The van der Waals surface area contributed by atoms with Gasteiger partial charge in [0.2, 0.25) is 0 Å². The number of hydrogen-bond donors (Lipinski definition) is 1. The molecule has 0 radical (unpaired) electrons. The lowest BCUT2D eigenvalue weighted by Crippen LogP contribution is -2.27. The molecule has 2 atom stereocenters. The van der Waals surface area contributed by atoms with Crippen LogP contribution >= 0.6 is 11.8 Å². The number of nitrogens with zero attached hydrogens (tertiary/aromatic N) is 2. The van der Waals surface area contributed by atoms with Gasteiger partial charge in [0.15, 0.2) is 0 Å². The van der Waals surface area contributed by atoms with E-state index in [0.717, 1.165) is 18.9 Å². The summed E-state index contributed by atoms with van der Waals surface area (Å²) in [6.07, 6.45) is 4.40. The highest BCUT2D eigenvalue weighted by Crippen LogP contribution is 2.33. The number of aromatic nitrogens is 2. The molecular weight excluding hydrogens is 218 g/mol. The van der Waals surface area contributed by atoms with E-state index in [2.05, 4.69) is 46.9 Å². The van der Waals surface area contributed by atoms with Gasteiger partial charge in [-0.2, -0.15) is 16.9 Å². The van der Waals surface area contributed by atoms with Gasteiger partial charge in [-0.15, -0.1) is 0 Å². The van der Waals surface area contributed by atoms with Gasteiger partial charge in [-0.25, -0.2) is 0 Å². The van der Waals surface area contributed by atoms with E-state index in [9.17, 15) is 0 Å². The van der Waals surface area contributed by atoms with Crippen molar-refractivity contribution in [2.75, 3.05) is 18.6 Å². The van der Waals surface area contributed by atoms with Crippen LogP contribution in [-0.4, -0.2) is 28.3 Å². The Labute approximate surface area is 102 Å². The minimum absolute atomic E-state index is 0.476. The largest absolute Gasteiger partial charge is 0.311 e. The number of aryl methyl sites for hydroxylation is 1. The molecule has 2 unspecified atom stereocenters. The molecule has 0 bridgehead atoms. The van der Waals surface area contributed by atoms with Crippen LogP contribution in [0.5, 0.6) is 0 Å². The Morgan fingerprint density at radius 2 is 2.56 bits per heavy atom. The van der Waals surface area contributed by atoms with Gasteiger partial charge < -0.3 is 5.32 Å². The van der Waals surface area contributed by atoms with Crippen LogP contribution in [0.2, 0.25) is 0 Å². The Balaban J connectivity index is 2.15. The van der Waals surface area contributed by atoms with Crippen molar-refractivity contribution in [3.8, 4) is 0 Å². The van der Waals surface area contributed by atoms with Gasteiger partial charge in [-0.05, 0) is 43.4 Å². The lowest BCUT2D eigenvalue weighted by molar-refractivity contribution is 0.387. The molecule has 0 saturated carbocycles. The first kappa shape index (κ1) is 12.0. The first-order valence-corrected chi connectivity index (χ1v) is 7.29. The molecule has 1 aromatic rings. The van der Waals surface area contributed by atoms with Gasteiger partial charge in [0.25, 0.3) is 0 Å². The molecule has 2 heterocycles. The van der Waals surface area contributed by atoms with E-state index in [4.69, 9.17) is 0 Å². The third kappa shape index (κ3) is 2.43. The second kappa shape index (κ2) is 5.73. The number of hydrogen-bond acceptors (Lipinski definition) is 3. The third-order valence-electron chi connectivity index (χ3n) is 3.25. The summed E-state index contributed by atoms with van der Waals surface area (Å²) in [7, 11) is 2.07. The fourth-order valence-electron chi connectivity index (χ4n) is 2.45. The minimum Gasteiger partial charge on any atom is -0.311 e. The van der Waals surface area contributed by atoms with Crippen LogP contribution < -0.4 is 5.32 Å². The van der Waals surface area contributed by atoms with Crippen molar-refractivity contribution < 1.29 is 0 Å². The summed E-state index contributed by atoms with van der Waals surface area (Å²) in [6, 6.07) is 2.64. The van der Waals surface area contributed by atoms with Crippen LogP contribution in [-0.2, 0) is 6.54 Å². The molecule has 1 aromatic heterocycles. The first-order chi connectivity index (χ1) is 7.86. The van der Waals surface area contributed by atoms with E-state index >= 15 is 0 Å². The second-order valence-electron chi connectivity index (χ2n) is 4.37. The minimum atomic E-state index is 0.476. The van der Waals surface area contributed by atoms with E-state index < -0.39 is 0 Å². The molecule has 4 heteroatoms. The van der Waals surface area contributed by atoms with Gasteiger partial charge in [0.05, 0.1) is 11.7 Å². The average molecular weight is 239 g/mol. The summed E-state index contributed by atoms with van der Waals surface area (Å²) < 4.78 is 2.16. The predicted octanol–water partition coefficient (Wildman–Crippen LogP) is 2.31. The van der Waals surface area contributed by atoms with Crippen LogP contribution in [0, 0.1) is 5.92 Å². The van der Waals surface area contributed by atoms with Gasteiger partial charge in [0, 0.05) is 12.7 Å². The zero-order chi connectivity index (χ0) is 11.4. The third-order valence-corrected chi connectivity index (χ3v) is 4.44. The van der Waals surface area contributed by atoms with Crippen LogP contribution in [0.15, 0.2) is 12.3 Å². The Hall–Kier alpha value is -0.480. The van der Waals surface area contributed by atoms with Crippen LogP contribution in [0.1, 0.15) is 31.5 Å². The van der Waals surface area contributed by atoms with Crippen molar-refractivity contribution in [1.82, 2.24) is 15.1 Å². The maximum atomic E-state index is 4.42. The summed E-state index contributed by atoms with van der Waals surface area (Å²) >= 11 is 2.07. The quantitative estimate of drug-likeness (QED) is 0.855. The summed E-state index contributed by atoms with van der Waals surface area (Å²) in [5, 5.41) is 7.89. The van der Waals surface area contributed by atoms with Crippen molar-refractivity contribution in [2.45, 2.75) is 32.4 Å². The lowest BCUT2D eigenvalue weighted by Gasteiger charge is -2.23. The van der Waals surface area contributed by atoms with E-state index in [1.807, 2.05) is 6.20 Å². The summed E-state index contributed by atoms with van der Waals surface area (Å²) in [4.78, 5) is 0. The molecule has 1 aliphatic rings. The standard InChI is InChI=1S/C12H21N3S/c1-3-7-15-11(4-6-14-15)12(13-2)10-5-8-16-9-10/h4,6,10,12-13H,3,5,7-9H2,1-2H3. The molecule has 0 aromatic carbocycles. The number of nitrogens with one attached hydrogen (secondary N) is 1. The highest BCUT2D eigenvalue weighted by Gasteiger charge is 2.27. The van der Waals surface area contributed by atoms with Crippen molar-refractivity contribution >= 4 is 11.8 Å². The van der Waals surface area contributed by atoms with Gasteiger partial charge in [-0.3, -0.25) is 4.68 Å². The molecule has 1 saturated heterocycles. The summed E-state index contributed by atoms with van der Waals surface area (Å²) in [5.74, 6) is 3.36. The normalized spacial score (nSPS) is 22.5. The van der Waals surface area contributed by atoms with Gasteiger partial charge in [0.1, 0.15) is 0 Å². The molecule has 16 heavy (non-hydrogen) atoms. The van der Waals surface area contributed by atoms with Gasteiger partial charge >= 0.3 is 0 Å². The van der Waals surface area contributed by atoms with E-state index in [-0.39, 0.29) is 0 Å². The molecule has 3 nitrogen and oxygen atoms in total. The monoisotopic (exact) mass is 239 g/mol. The molecule has 90 valence electrons. The molecule has 2 rings (SSSR count). The Kier molecular flexibility index (Phi) is 4.29. The topological polar surface area (TPSA) is 29.9 Å². The lowest BCUT2D eigenvalue weighted by atomic mass is 9.96. The highest BCUT2D eigenvalue weighted by atomic mass is 32.2. The second-order valence-corrected chi connectivity index (χ2v) is 5.52. The molecular formula is C12H21N3S. The summed E-state index contributed by atoms with van der Waals surface area (Å²) in [6.45, 7) is 3.23. The summed E-state index contributed by atoms with van der Waals surface area (Å²) in [5.41, 5.74) is 1.36. The zero-order valence-electron chi connectivity index (χ0n) is 10.1. The van der Waals surface area contributed by atoms with Crippen LogP contribution in [0.3, 0.4) is 0 Å². The highest BCUT2D eigenvalue weighted by molar-refractivity contribution is 7.99. The zero-order valence-corrected chi connectivity index (χ0v) is 11.0. The Morgan fingerprint density at radius 1 is 1.69 bits per heavy atom. The predicted molar refractivity (Wildman–Crippen MR) is 69.8 cm³/mol. The first-order valence-electron chi connectivity index (χ1n) is 6.13. The molecule has 1 fully saturated rings. The van der Waals surface area contributed by atoms with Crippen molar-refractivity contribution in [3.05, 3.63) is 18.0 Å².